The van der Waals surface area contributed by atoms with Crippen LogP contribution in [0.4, 0.5) is 4.39 Å². The minimum Gasteiger partial charge on any atom is -0.448 e. The predicted molar refractivity (Wildman–Crippen MR) is 122 cm³/mol. The van der Waals surface area contributed by atoms with E-state index in [0.29, 0.717) is 33.9 Å². The zero-order valence-corrected chi connectivity index (χ0v) is 19.6. The number of hydrogen-bond donors (Lipinski definition) is 1. The third kappa shape index (κ3) is 4.45. The summed E-state index contributed by atoms with van der Waals surface area (Å²) in [6.45, 7) is 7.47. The first-order valence-corrected chi connectivity index (χ1v) is 10.9. The average molecular weight is 474 g/mol. The summed E-state index contributed by atoms with van der Waals surface area (Å²) >= 11 is 6.40. The molecular weight excluding hydrogens is 449 g/mol. The Morgan fingerprint density at radius 1 is 1.18 bits per heavy atom. The molecule has 0 saturated carbocycles. The molecule has 1 aliphatic rings. The fourth-order valence-electron chi connectivity index (χ4n) is 4.08. The molecule has 1 saturated heterocycles. The normalized spacial score (nSPS) is 16.3. The van der Waals surface area contributed by atoms with Crippen LogP contribution in [-0.2, 0) is 4.79 Å². The van der Waals surface area contributed by atoms with Crippen LogP contribution in [0.2, 0.25) is 5.02 Å². The van der Waals surface area contributed by atoms with Crippen molar-refractivity contribution in [3.8, 4) is 11.3 Å². The lowest BCUT2D eigenvalue weighted by Gasteiger charge is -2.47. The Labute approximate surface area is 195 Å². The number of nitrogens with zero attached hydrogens (tertiary/aromatic N) is 3. The van der Waals surface area contributed by atoms with Gasteiger partial charge in [0, 0.05) is 31.3 Å². The van der Waals surface area contributed by atoms with E-state index < -0.39 is 11.1 Å². The molecular formula is C24H25ClFN3O4. The zero-order chi connectivity index (χ0) is 24.1. The van der Waals surface area contributed by atoms with E-state index >= 15 is 0 Å². The van der Waals surface area contributed by atoms with Gasteiger partial charge in [-0.2, -0.15) is 0 Å². The van der Waals surface area contributed by atoms with Gasteiger partial charge in [0.05, 0.1) is 16.3 Å². The molecule has 0 spiro atoms. The van der Waals surface area contributed by atoms with E-state index in [0.717, 1.165) is 0 Å². The summed E-state index contributed by atoms with van der Waals surface area (Å²) in [5.41, 5.74) is -0.245. The van der Waals surface area contributed by atoms with Crippen molar-refractivity contribution in [3.05, 3.63) is 53.0 Å². The molecule has 7 nitrogen and oxygen atoms in total. The molecule has 0 atom stereocenters. The Morgan fingerprint density at radius 3 is 2.45 bits per heavy atom. The molecule has 1 N–H and O–H groups in total. The van der Waals surface area contributed by atoms with E-state index in [-0.39, 0.29) is 36.5 Å². The highest BCUT2D eigenvalue weighted by atomic mass is 35.5. The van der Waals surface area contributed by atoms with Crippen LogP contribution in [0, 0.1) is 5.82 Å². The zero-order valence-electron chi connectivity index (χ0n) is 18.9. The van der Waals surface area contributed by atoms with Crippen LogP contribution in [0.3, 0.4) is 0 Å². The van der Waals surface area contributed by atoms with E-state index in [9.17, 15) is 19.1 Å². The maximum absolute atomic E-state index is 13.3. The standard InChI is InChI=1S/C24H25ClFN3O4/c1-23(2)13-28(22(31)24(3,4)32)9-10-29(23)21(30)19-12-18-20(33-19)16(25)11-17(27-18)14-5-7-15(26)8-6-14/h5-8,11-12,32H,9-10,13H2,1-4H3. The summed E-state index contributed by atoms with van der Waals surface area (Å²) < 4.78 is 19.0. The van der Waals surface area contributed by atoms with Crippen LogP contribution in [0.5, 0.6) is 0 Å². The topological polar surface area (TPSA) is 86.9 Å². The number of carbonyl (C=O) groups excluding carboxylic acids is 2. The fourth-order valence-corrected chi connectivity index (χ4v) is 4.32. The van der Waals surface area contributed by atoms with E-state index in [1.165, 1.54) is 26.0 Å². The van der Waals surface area contributed by atoms with Gasteiger partial charge >= 0.3 is 0 Å². The number of piperazine rings is 1. The Balaban J connectivity index is 1.61. The Kier molecular flexibility index (Phi) is 5.70. The second-order valence-electron chi connectivity index (χ2n) is 9.38. The summed E-state index contributed by atoms with van der Waals surface area (Å²) in [6.07, 6.45) is 0. The molecule has 3 heterocycles. The third-order valence-corrected chi connectivity index (χ3v) is 6.02. The largest absolute Gasteiger partial charge is 0.448 e. The highest BCUT2D eigenvalue weighted by molar-refractivity contribution is 6.35. The van der Waals surface area contributed by atoms with Crippen LogP contribution >= 0.6 is 11.6 Å². The van der Waals surface area contributed by atoms with E-state index in [1.54, 1.807) is 34.1 Å². The maximum Gasteiger partial charge on any atom is 0.290 e. The molecule has 4 rings (SSSR count). The van der Waals surface area contributed by atoms with Crippen molar-refractivity contribution < 1.29 is 23.5 Å². The average Bonchev–Trinajstić information content (AvgIpc) is 3.17. The van der Waals surface area contributed by atoms with Crippen molar-refractivity contribution in [1.29, 1.82) is 0 Å². The van der Waals surface area contributed by atoms with Gasteiger partial charge in [0.1, 0.15) is 16.9 Å². The number of amides is 2. The van der Waals surface area contributed by atoms with Crippen molar-refractivity contribution in [2.24, 2.45) is 0 Å². The van der Waals surface area contributed by atoms with Crippen molar-refractivity contribution in [3.63, 3.8) is 0 Å². The van der Waals surface area contributed by atoms with E-state index in [2.05, 4.69) is 4.98 Å². The van der Waals surface area contributed by atoms with Gasteiger partial charge in [-0.1, -0.05) is 11.6 Å². The van der Waals surface area contributed by atoms with Crippen molar-refractivity contribution >= 4 is 34.5 Å². The smallest absolute Gasteiger partial charge is 0.290 e. The number of fused-ring (bicyclic) bond motifs is 1. The molecule has 0 bridgehead atoms. The molecule has 1 aromatic carbocycles. The molecule has 174 valence electrons. The SMILES string of the molecule is CC(C)(O)C(=O)N1CCN(C(=O)c2cc3nc(-c4ccc(F)cc4)cc(Cl)c3o2)C(C)(C)C1. The van der Waals surface area contributed by atoms with Gasteiger partial charge in [-0.05, 0) is 58.0 Å². The van der Waals surface area contributed by atoms with Gasteiger partial charge in [0.2, 0.25) is 0 Å². The Bertz CT molecular complexity index is 1230. The van der Waals surface area contributed by atoms with Crippen LogP contribution in [0.15, 0.2) is 40.8 Å². The molecule has 2 amide bonds. The summed E-state index contributed by atoms with van der Waals surface area (Å²) in [5.74, 6) is -0.983. The van der Waals surface area contributed by atoms with Crippen molar-refractivity contribution in [1.82, 2.24) is 14.8 Å². The molecule has 2 aromatic heterocycles. The summed E-state index contributed by atoms with van der Waals surface area (Å²) in [5, 5.41) is 10.4. The number of rotatable bonds is 3. The number of carbonyl (C=O) groups is 2. The number of hydrogen-bond acceptors (Lipinski definition) is 5. The number of benzene rings is 1. The molecule has 33 heavy (non-hydrogen) atoms. The molecule has 9 heteroatoms. The molecule has 0 unspecified atom stereocenters. The number of furan rings is 1. The molecule has 0 radical (unpaired) electrons. The van der Waals surface area contributed by atoms with Crippen molar-refractivity contribution in [2.75, 3.05) is 19.6 Å². The predicted octanol–water partition coefficient (Wildman–Crippen LogP) is 4.12. The highest BCUT2D eigenvalue weighted by Gasteiger charge is 2.42. The second kappa shape index (κ2) is 8.11. The van der Waals surface area contributed by atoms with E-state index in [4.69, 9.17) is 16.0 Å². The molecule has 0 aliphatic carbocycles. The molecule has 1 aliphatic heterocycles. The third-order valence-electron chi connectivity index (χ3n) is 5.74. The van der Waals surface area contributed by atoms with Crippen molar-refractivity contribution in [2.45, 2.75) is 38.8 Å². The number of pyridine rings is 1. The van der Waals surface area contributed by atoms with Crippen LogP contribution in [0.1, 0.15) is 38.2 Å². The van der Waals surface area contributed by atoms with Gasteiger partial charge in [0.25, 0.3) is 11.8 Å². The monoisotopic (exact) mass is 473 g/mol. The lowest BCUT2D eigenvalue weighted by Crippen LogP contribution is -2.64. The van der Waals surface area contributed by atoms with Gasteiger partial charge in [-0.15, -0.1) is 0 Å². The van der Waals surface area contributed by atoms with Gasteiger partial charge in [0.15, 0.2) is 11.3 Å². The number of aliphatic hydroxyl groups is 1. The lowest BCUT2D eigenvalue weighted by molar-refractivity contribution is -0.152. The van der Waals surface area contributed by atoms with Gasteiger partial charge in [-0.3, -0.25) is 9.59 Å². The minimum atomic E-state index is -1.48. The van der Waals surface area contributed by atoms with Gasteiger partial charge < -0.3 is 19.3 Å². The number of aromatic nitrogens is 1. The highest BCUT2D eigenvalue weighted by Crippen LogP contribution is 2.32. The Hall–Kier alpha value is -2.97. The lowest BCUT2D eigenvalue weighted by atomic mass is 9.96. The summed E-state index contributed by atoms with van der Waals surface area (Å²) in [7, 11) is 0. The summed E-state index contributed by atoms with van der Waals surface area (Å²) in [4.78, 5) is 33.6. The number of halogens is 2. The minimum absolute atomic E-state index is 0.0889. The van der Waals surface area contributed by atoms with Crippen LogP contribution in [0.25, 0.3) is 22.4 Å². The molecule has 1 fully saturated rings. The second-order valence-corrected chi connectivity index (χ2v) is 9.78. The summed E-state index contributed by atoms with van der Waals surface area (Å²) in [6, 6.07) is 9.03. The van der Waals surface area contributed by atoms with Crippen LogP contribution in [-0.4, -0.2) is 62.5 Å². The maximum atomic E-state index is 13.3. The quantitative estimate of drug-likeness (QED) is 0.618. The van der Waals surface area contributed by atoms with Gasteiger partial charge in [-0.25, -0.2) is 9.37 Å². The van der Waals surface area contributed by atoms with Crippen LogP contribution < -0.4 is 0 Å². The first kappa shape index (κ1) is 23.2. The van der Waals surface area contributed by atoms with E-state index in [1.807, 2.05) is 13.8 Å². The Morgan fingerprint density at radius 2 is 1.85 bits per heavy atom. The first-order chi connectivity index (χ1) is 15.4. The fraction of sp³-hybridized carbons (Fsp3) is 0.375. The molecule has 3 aromatic rings. The first-order valence-electron chi connectivity index (χ1n) is 10.6.